The third-order valence-corrected chi connectivity index (χ3v) is 6.83. The molecule has 4 amide bonds. The van der Waals surface area contributed by atoms with E-state index in [9.17, 15) is 19.5 Å². The van der Waals surface area contributed by atoms with Gasteiger partial charge in [0.1, 0.15) is 0 Å². The Morgan fingerprint density at radius 1 is 1.05 bits per heavy atom. The number of carbonyl (C=O) groups excluding carboxylic acids is 3. The minimum atomic E-state index is -0.573. The first-order chi connectivity index (χ1) is 19.9. The monoisotopic (exact) mass is 558 g/mol. The number of aryl methyl sites for hydroxylation is 1. The quantitative estimate of drug-likeness (QED) is 0.140. The van der Waals surface area contributed by atoms with Crippen LogP contribution in [-0.2, 0) is 22.6 Å². The molecule has 5 rings (SSSR count). The Morgan fingerprint density at radius 3 is 2.59 bits per heavy atom. The fraction of sp³-hybridized carbons (Fsp3) is 0.241. The largest absolute Gasteiger partial charge is 0.504 e. The molecule has 2 aromatic heterocycles. The van der Waals surface area contributed by atoms with E-state index in [1.165, 1.54) is 20.3 Å². The summed E-state index contributed by atoms with van der Waals surface area (Å²) >= 11 is 0. The number of methoxy groups -OCH3 is 2. The van der Waals surface area contributed by atoms with E-state index in [4.69, 9.17) is 9.47 Å². The molecule has 0 bridgehead atoms. The fourth-order valence-electron chi connectivity index (χ4n) is 4.95. The molecule has 0 radical (unpaired) electrons. The second kappa shape index (κ2) is 11.9. The van der Waals surface area contributed by atoms with E-state index >= 15 is 0 Å². The predicted octanol–water partition coefficient (Wildman–Crippen LogP) is 2.59. The van der Waals surface area contributed by atoms with Crippen molar-refractivity contribution in [3.63, 3.8) is 0 Å². The molecular formula is C29H30N6O6. The van der Waals surface area contributed by atoms with Crippen molar-refractivity contribution in [1.82, 2.24) is 30.5 Å². The number of phenolic OH excluding ortho intramolecular Hbond substituents is 1. The van der Waals surface area contributed by atoms with Gasteiger partial charge in [0.25, 0.3) is 11.8 Å². The van der Waals surface area contributed by atoms with Crippen LogP contribution in [0.5, 0.6) is 17.2 Å². The molecule has 5 N–H and O–H groups in total. The second-order valence-electron chi connectivity index (χ2n) is 9.38. The summed E-state index contributed by atoms with van der Waals surface area (Å²) in [5, 5.41) is 19.4. The van der Waals surface area contributed by atoms with Crippen molar-refractivity contribution in [2.24, 2.45) is 0 Å². The van der Waals surface area contributed by atoms with Crippen molar-refractivity contribution in [3.05, 3.63) is 71.9 Å². The van der Waals surface area contributed by atoms with Crippen molar-refractivity contribution in [2.45, 2.75) is 19.4 Å². The van der Waals surface area contributed by atoms with Crippen LogP contribution in [0.3, 0.4) is 0 Å². The molecule has 1 aliphatic rings. The van der Waals surface area contributed by atoms with E-state index in [-0.39, 0.29) is 34.4 Å². The molecule has 0 aliphatic carbocycles. The summed E-state index contributed by atoms with van der Waals surface area (Å²) in [5.74, 6) is -0.977. The number of para-hydroxylation sites is 1. The van der Waals surface area contributed by atoms with Gasteiger partial charge in [-0.1, -0.05) is 18.2 Å². The van der Waals surface area contributed by atoms with Crippen LogP contribution in [-0.4, -0.2) is 64.8 Å². The molecule has 0 fully saturated rings. The zero-order valence-corrected chi connectivity index (χ0v) is 22.6. The molecule has 212 valence electrons. The van der Waals surface area contributed by atoms with E-state index in [1.807, 2.05) is 35.0 Å². The predicted molar refractivity (Wildman–Crippen MR) is 151 cm³/mol. The standard InChI is InChI=1S/C29H30N6O6/c1-40-23-13-17(12-22(36)26(23)41-2)24-25(28(38)34-27(24)37)20-15-35(21-7-4-3-6-19(20)21)11-5-9-31-29(39)32-10-8-18-14-30-16-33-18/h3-4,6-7,12-16,36H,5,8-11H2,1-2H3,(H,30,33)(H2,31,32,39)(H,34,37,38). The van der Waals surface area contributed by atoms with Gasteiger partial charge in [-0.2, -0.15) is 0 Å². The van der Waals surface area contributed by atoms with Crippen molar-refractivity contribution >= 4 is 39.9 Å². The van der Waals surface area contributed by atoms with Gasteiger partial charge in [0.05, 0.1) is 31.7 Å². The normalized spacial score (nSPS) is 13.0. The number of hydrogen-bond acceptors (Lipinski definition) is 7. The number of benzene rings is 2. The van der Waals surface area contributed by atoms with E-state index in [0.29, 0.717) is 43.6 Å². The van der Waals surface area contributed by atoms with Crippen LogP contribution < -0.4 is 25.4 Å². The summed E-state index contributed by atoms with van der Waals surface area (Å²) in [6, 6.07) is 10.3. The van der Waals surface area contributed by atoms with Crippen LogP contribution in [0.15, 0.2) is 55.1 Å². The molecular weight excluding hydrogens is 528 g/mol. The molecule has 0 unspecified atom stereocenters. The average Bonchev–Trinajstić information content (AvgIpc) is 3.68. The Bertz CT molecular complexity index is 1640. The smallest absolute Gasteiger partial charge is 0.314 e. The molecule has 0 atom stereocenters. The van der Waals surface area contributed by atoms with Crippen LogP contribution in [0.1, 0.15) is 23.2 Å². The van der Waals surface area contributed by atoms with Gasteiger partial charge in [0.15, 0.2) is 11.5 Å². The molecule has 12 heteroatoms. The first-order valence-corrected chi connectivity index (χ1v) is 13.0. The number of rotatable bonds is 11. The lowest BCUT2D eigenvalue weighted by molar-refractivity contribution is -0.122. The number of H-pyrrole nitrogens is 1. The average molecular weight is 559 g/mol. The third-order valence-electron chi connectivity index (χ3n) is 6.83. The molecule has 0 saturated carbocycles. The number of amides is 4. The Labute approximate surface area is 235 Å². The van der Waals surface area contributed by atoms with Gasteiger partial charge in [-0.15, -0.1) is 0 Å². The first-order valence-electron chi connectivity index (χ1n) is 13.0. The van der Waals surface area contributed by atoms with Gasteiger partial charge in [-0.25, -0.2) is 9.78 Å². The van der Waals surface area contributed by atoms with Crippen LogP contribution >= 0.6 is 0 Å². The number of aromatic hydroxyl groups is 1. The molecule has 1 aliphatic heterocycles. The highest BCUT2D eigenvalue weighted by atomic mass is 16.5. The number of hydrogen-bond donors (Lipinski definition) is 5. The lowest BCUT2D eigenvalue weighted by atomic mass is 9.95. The highest BCUT2D eigenvalue weighted by molar-refractivity contribution is 6.50. The van der Waals surface area contributed by atoms with Crippen LogP contribution in [0, 0.1) is 0 Å². The summed E-state index contributed by atoms with van der Waals surface area (Å²) in [6.07, 6.45) is 6.44. The molecule has 12 nitrogen and oxygen atoms in total. The first kappa shape index (κ1) is 27.3. The lowest BCUT2D eigenvalue weighted by Gasteiger charge is -2.12. The summed E-state index contributed by atoms with van der Waals surface area (Å²) in [4.78, 5) is 45.2. The van der Waals surface area contributed by atoms with Crippen molar-refractivity contribution in [3.8, 4) is 17.2 Å². The zero-order chi connectivity index (χ0) is 28.9. The van der Waals surface area contributed by atoms with Gasteiger partial charge in [-0.3, -0.25) is 14.9 Å². The maximum Gasteiger partial charge on any atom is 0.314 e. The Kier molecular flexibility index (Phi) is 7.90. The van der Waals surface area contributed by atoms with Crippen molar-refractivity contribution in [1.29, 1.82) is 0 Å². The minimum absolute atomic E-state index is 0.125. The molecule has 4 aromatic rings. The van der Waals surface area contributed by atoms with E-state index in [0.717, 1.165) is 16.6 Å². The van der Waals surface area contributed by atoms with Gasteiger partial charge in [0.2, 0.25) is 5.75 Å². The number of phenols is 1. The summed E-state index contributed by atoms with van der Waals surface area (Å²) < 4.78 is 12.5. The van der Waals surface area contributed by atoms with E-state index < -0.39 is 11.8 Å². The highest BCUT2D eigenvalue weighted by Crippen LogP contribution is 2.42. The molecule has 0 saturated heterocycles. The SMILES string of the molecule is COc1cc(C2=C(c3cn(CCCNC(=O)NCCc4cnc[nH]4)c4ccccc34)C(=O)NC2=O)cc(O)c1OC. The maximum absolute atomic E-state index is 13.1. The van der Waals surface area contributed by atoms with Crippen LogP contribution in [0.4, 0.5) is 4.79 Å². The van der Waals surface area contributed by atoms with Crippen molar-refractivity contribution < 1.29 is 29.0 Å². The van der Waals surface area contributed by atoms with E-state index in [2.05, 4.69) is 25.9 Å². The van der Waals surface area contributed by atoms with Crippen LogP contribution in [0.25, 0.3) is 22.0 Å². The topological polar surface area (TPSA) is 160 Å². The minimum Gasteiger partial charge on any atom is -0.504 e. The van der Waals surface area contributed by atoms with Crippen molar-refractivity contribution in [2.75, 3.05) is 27.3 Å². The number of carbonyl (C=O) groups is 3. The van der Waals surface area contributed by atoms with Gasteiger partial charge < -0.3 is 34.8 Å². The van der Waals surface area contributed by atoms with Gasteiger partial charge >= 0.3 is 6.03 Å². The summed E-state index contributed by atoms with van der Waals surface area (Å²) in [7, 11) is 2.82. The number of aromatic amines is 1. The number of fused-ring (bicyclic) bond motifs is 1. The maximum atomic E-state index is 13.1. The number of ether oxygens (including phenoxy) is 2. The Morgan fingerprint density at radius 2 is 1.83 bits per heavy atom. The lowest BCUT2D eigenvalue weighted by Crippen LogP contribution is -2.37. The number of urea groups is 1. The molecule has 0 spiro atoms. The molecule has 3 heterocycles. The van der Waals surface area contributed by atoms with Gasteiger partial charge in [0, 0.05) is 60.6 Å². The zero-order valence-electron chi connectivity index (χ0n) is 22.6. The number of imide groups is 1. The molecule has 2 aromatic carbocycles. The van der Waals surface area contributed by atoms with Crippen LogP contribution in [0.2, 0.25) is 0 Å². The Hall–Kier alpha value is -5.26. The van der Waals surface area contributed by atoms with Gasteiger partial charge in [-0.05, 0) is 30.2 Å². The Balaban J connectivity index is 1.37. The molecule has 41 heavy (non-hydrogen) atoms. The number of aromatic nitrogens is 3. The number of nitrogens with one attached hydrogen (secondary N) is 4. The summed E-state index contributed by atoms with van der Waals surface area (Å²) in [5.41, 5.74) is 3.05. The second-order valence-corrected chi connectivity index (χ2v) is 9.38. The fourth-order valence-corrected chi connectivity index (χ4v) is 4.95. The number of imidazole rings is 1. The highest BCUT2D eigenvalue weighted by Gasteiger charge is 2.34. The third kappa shape index (κ3) is 5.57. The number of nitrogens with zero attached hydrogens (tertiary/aromatic N) is 2. The summed E-state index contributed by atoms with van der Waals surface area (Å²) in [6.45, 7) is 1.48. The van der Waals surface area contributed by atoms with E-state index in [1.54, 1.807) is 18.6 Å².